The van der Waals surface area contributed by atoms with Crippen molar-refractivity contribution in [2.45, 2.75) is 11.4 Å². The summed E-state index contributed by atoms with van der Waals surface area (Å²) in [4.78, 5) is 10.4. The molecular formula is C26H22Cl2N4OS. The van der Waals surface area contributed by atoms with E-state index >= 15 is 0 Å². The first-order valence-corrected chi connectivity index (χ1v) is 12.0. The second-order valence-electron chi connectivity index (χ2n) is 7.29. The monoisotopic (exact) mass is 508 g/mol. The van der Waals surface area contributed by atoms with Crippen LogP contribution in [0.4, 0.5) is 0 Å². The molecule has 0 atom stereocenters. The van der Waals surface area contributed by atoms with Gasteiger partial charge in [0.1, 0.15) is 0 Å². The van der Waals surface area contributed by atoms with Crippen LogP contribution >= 0.6 is 35.1 Å². The summed E-state index contributed by atoms with van der Waals surface area (Å²) in [5.74, 6) is 0.792. The lowest BCUT2D eigenvalue weighted by Gasteiger charge is -2.15. The number of nitrogens with zero attached hydrogens (tertiary/aromatic N) is 2. The van der Waals surface area contributed by atoms with E-state index in [1.54, 1.807) is 7.11 Å². The molecule has 0 fully saturated rings. The molecule has 0 spiro atoms. The number of rotatable bonds is 7. The van der Waals surface area contributed by atoms with Crippen molar-refractivity contribution >= 4 is 41.1 Å². The van der Waals surface area contributed by atoms with Crippen LogP contribution in [0, 0.1) is 0 Å². The van der Waals surface area contributed by atoms with Gasteiger partial charge in [0, 0.05) is 31.6 Å². The van der Waals surface area contributed by atoms with Crippen LogP contribution in [0.5, 0.6) is 5.88 Å². The van der Waals surface area contributed by atoms with Gasteiger partial charge in [0.2, 0.25) is 5.88 Å². The number of benzene rings is 3. The predicted octanol–water partition coefficient (Wildman–Crippen LogP) is 6.84. The maximum Gasteiger partial charge on any atom is 0.218 e. The van der Waals surface area contributed by atoms with Gasteiger partial charge >= 0.3 is 0 Å². The molecule has 3 aromatic carbocycles. The number of hydrogen-bond donors (Lipinski definition) is 2. The topological polar surface area (TPSA) is 72.5 Å². The quantitative estimate of drug-likeness (QED) is 0.162. The summed E-state index contributed by atoms with van der Waals surface area (Å²) in [5.41, 5.74) is 10.5. The molecule has 34 heavy (non-hydrogen) atoms. The Balaban J connectivity index is 1.67. The van der Waals surface area contributed by atoms with E-state index < -0.39 is 0 Å². The van der Waals surface area contributed by atoms with Gasteiger partial charge in [-0.05, 0) is 60.0 Å². The van der Waals surface area contributed by atoms with E-state index in [1.807, 2.05) is 84.9 Å². The van der Waals surface area contributed by atoms with Crippen LogP contribution in [0.25, 0.3) is 22.4 Å². The number of guanidine groups is 1. The van der Waals surface area contributed by atoms with E-state index in [-0.39, 0.29) is 0 Å². The Labute approximate surface area is 213 Å². The number of hydrogen-bond acceptors (Lipinski definition) is 4. The van der Waals surface area contributed by atoms with E-state index in [0.29, 0.717) is 28.4 Å². The van der Waals surface area contributed by atoms with Gasteiger partial charge in [-0.25, -0.2) is 9.98 Å². The van der Waals surface area contributed by atoms with Gasteiger partial charge in [0.25, 0.3) is 0 Å². The van der Waals surface area contributed by atoms with Crippen molar-refractivity contribution < 1.29 is 4.74 Å². The molecule has 0 aliphatic heterocycles. The predicted molar refractivity (Wildman–Crippen MR) is 142 cm³/mol. The van der Waals surface area contributed by atoms with Gasteiger partial charge in [-0.1, -0.05) is 65.7 Å². The Morgan fingerprint density at radius 1 is 0.941 bits per heavy atom. The van der Waals surface area contributed by atoms with Crippen LogP contribution in [0.1, 0.15) is 5.56 Å². The molecule has 5 nitrogen and oxygen atoms in total. The van der Waals surface area contributed by atoms with Crippen molar-refractivity contribution in [3.05, 3.63) is 101 Å². The summed E-state index contributed by atoms with van der Waals surface area (Å²) >= 11 is 13.6. The fraction of sp³-hybridized carbons (Fsp3) is 0.0769. The summed E-state index contributed by atoms with van der Waals surface area (Å²) in [6.45, 7) is 0.297. The smallest absolute Gasteiger partial charge is 0.218 e. The fourth-order valence-electron chi connectivity index (χ4n) is 3.31. The van der Waals surface area contributed by atoms with Crippen LogP contribution in [-0.4, -0.2) is 18.1 Å². The molecule has 0 radical (unpaired) electrons. The number of pyridine rings is 1. The van der Waals surface area contributed by atoms with Gasteiger partial charge in [-0.15, -0.1) is 0 Å². The normalized spacial score (nSPS) is 11.3. The molecule has 1 heterocycles. The van der Waals surface area contributed by atoms with Crippen molar-refractivity contribution in [3.63, 3.8) is 0 Å². The molecule has 0 saturated heterocycles. The van der Waals surface area contributed by atoms with Crippen molar-refractivity contribution in [2.24, 2.45) is 10.7 Å². The first-order chi connectivity index (χ1) is 16.5. The standard InChI is InChI=1S/C26H22Cl2N4OS/c1-33-25-19(16-30-26(29)32-34-22-5-3-2-4-6-22)15-23(17-7-11-20(27)12-8-17)24(31-25)18-9-13-21(28)14-10-18/h2-15H,16H2,1H3,(H3,29,30,32). The average molecular weight is 509 g/mol. The Morgan fingerprint density at radius 2 is 1.56 bits per heavy atom. The zero-order valence-electron chi connectivity index (χ0n) is 18.3. The molecule has 0 aliphatic carbocycles. The highest BCUT2D eigenvalue weighted by Crippen LogP contribution is 2.36. The van der Waals surface area contributed by atoms with E-state index in [1.165, 1.54) is 11.9 Å². The number of ether oxygens (including phenoxy) is 1. The minimum atomic E-state index is 0.297. The largest absolute Gasteiger partial charge is 0.481 e. The van der Waals surface area contributed by atoms with E-state index in [9.17, 15) is 0 Å². The Morgan fingerprint density at radius 3 is 2.18 bits per heavy atom. The van der Waals surface area contributed by atoms with Crippen molar-refractivity contribution in [2.75, 3.05) is 7.11 Å². The van der Waals surface area contributed by atoms with Gasteiger partial charge < -0.3 is 10.5 Å². The number of halogens is 2. The SMILES string of the molecule is COc1nc(-c2ccc(Cl)cc2)c(-c2ccc(Cl)cc2)cc1CN=C(N)NSc1ccccc1. The molecule has 4 rings (SSSR count). The third-order valence-electron chi connectivity index (χ3n) is 4.96. The highest BCUT2D eigenvalue weighted by atomic mass is 35.5. The van der Waals surface area contributed by atoms with Gasteiger partial charge in [0.15, 0.2) is 5.96 Å². The number of aromatic nitrogens is 1. The first kappa shape index (κ1) is 24.0. The minimum absolute atomic E-state index is 0.297. The lowest BCUT2D eigenvalue weighted by molar-refractivity contribution is 0.393. The maximum absolute atomic E-state index is 6.12. The number of methoxy groups -OCH3 is 1. The van der Waals surface area contributed by atoms with Gasteiger partial charge in [0.05, 0.1) is 19.3 Å². The molecule has 0 bridgehead atoms. The highest BCUT2D eigenvalue weighted by molar-refractivity contribution is 7.98. The summed E-state index contributed by atoms with van der Waals surface area (Å²) in [7, 11) is 1.59. The lowest BCUT2D eigenvalue weighted by atomic mass is 9.97. The molecule has 0 amide bonds. The maximum atomic E-state index is 6.12. The Bertz CT molecular complexity index is 1280. The highest BCUT2D eigenvalue weighted by Gasteiger charge is 2.16. The summed E-state index contributed by atoms with van der Waals surface area (Å²) < 4.78 is 8.67. The Kier molecular flexibility index (Phi) is 7.95. The van der Waals surface area contributed by atoms with Crippen molar-refractivity contribution in [1.82, 2.24) is 9.71 Å². The number of aliphatic imine (C=N–C) groups is 1. The molecule has 0 aliphatic rings. The zero-order chi connectivity index (χ0) is 23.9. The molecule has 8 heteroatoms. The molecule has 4 aromatic rings. The molecule has 0 unspecified atom stereocenters. The van der Waals surface area contributed by atoms with Crippen molar-refractivity contribution in [3.8, 4) is 28.3 Å². The van der Waals surface area contributed by atoms with Crippen LogP contribution in [0.15, 0.2) is 94.8 Å². The first-order valence-electron chi connectivity index (χ1n) is 10.4. The van der Waals surface area contributed by atoms with E-state index in [2.05, 4.69) is 9.71 Å². The second-order valence-corrected chi connectivity index (χ2v) is 9.04. The lowest BCUT2D eigenvalue weighted by Crippen LogP contribution is -2.25. The minimum Gasteiger partial charge on any atom is -0.481 e. The Hall–Kier alpha value is -3.19. The summed E-state index contributed by atoms with van der Waals surface area (Å²) in [6, 6.07) is 27.1. The van der Waals surface area contributed by atoms with Crippen LogP contribution < -0.4 is 15.2 Å². The molecule has 3 N–H and O–H groups in total. The average Bonchev–Trinajstić information content (AvgIpc) is 2.87. The number of nitrogens with one attached hydrogen (secondary N) is 1. The third-order valence-corrected chi connectivity index (χ3v) is 6.29. The molecular weight excluding hydrogens is 487 g/mol. The molecule has 172 valence electrons. The van der Waals surface area contributed by atoms with Crippen LogP contribution in [0.3, 0.4) is 0 Å². The summed E-state index contributed by atoms with van der Waals surface area (Å²) in [5, 5.41) is 1.32. The number of nitrogens with two attached hydrogens (primary N) is 1. The van der Waals surface area contributed by atoms with Crippen LogP contribution in [-0.2, 0) is 6.54 Å². The molecule has 1 aromatic heterocycles. The van der Waals surface area contributed by atoms with Crippen LogP contribution in [0.2, 0.25) is 10.0 Å². The van der Waals surface area contributed by atoms with Crippen molar-refractivity contribution in [1.29, 1.82) is 0 Å². The summed E-state index contributed by atoms with van der Waals surface area (Å²) in [6.07, 6.45) is 0. The van der Waals surface area contributed by atoms with E-state index in [0.717, 1.165) is 32.8 Å². The third kappa shape index (κ3) is 6.03. The zero-order valence-corrected chi connectivity index (χ0v) is 20.7. The van der Waals surface area contributed by atoms with E-state index in [4.69, 9.17) is 38.7 Å². The second kappa shape index (κ2) is 11.3. The van der Waals surface area contributed by atoms with Gasteiger partial charge in [-0.3, -0.25) is 4.72 Å². The van der Waals surface area contributed by atoms with Gasteiger partial charge in [-0.2, -0.15) is 0 Å². The fourth-order valence-corrected chi connectivity index (χ4v) is 4.14. The molecule has 0 saturated carbocycles.